The molecule has 0 spiro atoms. The van der Waals surface area contributed by atoms with E-state index in [0.717, 1.165) is 29.9 Å². The van der Waals surface area contributed by atoms with E-state index in [0.29, 0.717) is 26.1 Å². The summed E-state index contributed by atoms with van der Waals surface area (Å²) >= 11 is 0. The van der Waals surface area contributed by atoms with E-state index in [9.17, 15) is 14.4 Å². The first kappa shape index (κ1) is 29.3. The van der Waals surface area contributed by atoms with Gasteiger partial charge in [0.1, 0.15) is 5.60 Å². The molecule has 3 heterocycles. The van der Waals surface area contributed by atoms with Gasteiger partial charge in [0, 0.05) is 31.9 Å². The number of aryl methyl sites for hydroxylation is 1. The molecule has 1 N–H and O–H groups in total. The van der Waals surface area contributed by atoms with Crippen LogP contribution in [0.1, 0.15) is 58.7 Å². The van der Waals surface area contributed by atoms with E-state index in [1.54, 1.807) is 11.1 Å². The molecule has 12 heteroatoms. The molecule has 12 nitrogen and oxygen atoms in total. The van der Waals surface area contributed by atoms with Crippen LogP contribution in [0.25, 0.3) is 11.4 Å². The van der Waals surface area contributed by atoms with Crippen LogP contribution in [-0.4, -0.2) is 93.8 Å². The number of aromatic nitrogens is 3. The summed E-state index contributed by atoms with van der Waals surface area (Å²) in [6, 6.07) is 7.43. The zero-order valence-electron chi connectivity index (χ0n) is 24.0. The van der Waals surface area contributed by atoms with Gasteiger partial charge in [0.05, 0.1) is 43.4 Å². The van der Waals surface area contributed by atoms with E-state index in [4.69, 9.17) is 14.6 Å². The molecule has 218 valence electrons. The minimum absolute atomic E-state index is 0.0932. The second kappa shape index (κ2) is 12.7. The summed E-state index contributed by atoms with van der Waals surface area (Å²) in [6.45, 7) is 9.18. The summed E-state index contributed by atoms with van der Waals surface area (Å²) < 4.78 is 17.9. The van der Waals surface area contributed by atoms with Crippen LogP contribution in [0.3, 0.4) is 0 Å². The molecule has 1 saturated heterocycles. The number of alkyl carbamates (subject to hydrolysis) is 1. The lowest BCUT2D eigenvalue weighted by molar-refractivity contribution is -0.152. The van der Waals surface area contributed by atoms with Crippen LogP contribution in [0.2, 0.25) is 0 Å². The molecule has 2 atom stereocenters. The number of hydrogen-bond donors (Lipinski definition) is 1. The highest BCUT2D eigenvalue weighted by molar-refractivity contribution is 5.83. The van der Waals surface area contributed by atoms with Crippen molar-refractivity contribution in [1.82, 2.24) is 29.9 Å². The highest BCUT2D eigenvalue weighted by Crippen LogP contribution is 2.36. The summed E-state index contributed by atoms with van der Waals surface area (Å²) in [5, 5.41) is 7.57. The van der Waals surface area contributed by atoms with Crippen molar-refractivity contribution in [1.29, 1.82) is 0 Å². The second-order valence-corrected chi connectivity index (χ2v) is 11.1. The summed E-state index contributed by atoms with van der Waals surface area (Å²) in [5.74, 6) is -0.153. The topological polar surface area (TPSA) is 128 Å². The minimum atomic E-state index is -0.772. The number of methoxy groups -OCH3 is 1. The molecule has 4 rings (SSSR count). The van der Waals surface area contributed by atoms with Crippen molar-refractivity contribution in [2.24, 2.45) is 0 Å². The summed E-state index contributed by atoms with van der Waals surface area (Å²) in [7, 11) is 1.33. The lowest BCUT2D eigenvalue weighted by Gasteiger charge is -2.37. The largest absolute Gasteiger partial charge is 0.453 e. The summed E-state index contributed by atoms with van der Waals surface area (Å²) in [5.41, 5.74) is 1.71. The normalized spacial score (nSPS) is 18.1. The third-order valence-electron chi connectivity index (χ3n) is 6.76. The van der Waals surface area contributed by atoms with Crippen LogP contribution in [0.5, 0.6) is 0 Å². The fourth-order valence-electron chi connectivity index (χ4n) is 4.66. The number of nitrogens with one attached hydrogen (secondary N) is 1. The van der Waals surface area contributed by atoms with Gasteiger partial charge < -0.3 is 29.3 Å². The second-order valence-electron chi connectivity index (χ2n) is 11.1. The average Bonchev–Trinajstić information content (AvgIpc) is 3.68. The Morgan fingerprint density at radius 3 is 2.67 bits per heavy atom. The molecule has 2 fully saturated rings. The van der Waals surface area contributed by atoms with Crippen molar-refractivity contribution in [3.05, 3.63) is 36.2 Å². The lowest BCUT2D eigenvalue weighted by Crippen LogP contribution is -2.54. The quantitative estimate of drug-likeness (QED) is 0.466. The standard InChI is InChI=1S/C28H40N6O6/c1-19(22-17-23(21-9-6-7-12-29-21)33(31-22)14-8-13-30-26(36)38-5)34(20-10-11-20)25(35)24-18-32(15-16-39-24)27(37)40-28(2,3)4/h6-7,9,12,17,19-20,24H,8,10-11,13-16,18H2,1-5H3,(H,30,36)/t19-,24-/m1/s1. The molecular weight excluding hydrogens is 516 g/mol. The Bertz CT molecular complexity index is 1180. The Kier molecular flexibility index (Phi) is 9.28. The number of ether oxygens (including phenoxy) is 3. The lowest BCUT2D eigenvalue weighted by atomic mass is 10.1. The molecular formula is C28H40N6O6. The Morgan fingerprint density at radius 1 is 1.25 bits per heavy atom. The first-order valence-electron chi connectivity index (χ1n) is 13.8. The van der Waals surface area contributed by atoms with Crippen molar-refractivity contribution in [3.63, 3.8) is 0 Å². The van der Waals surface area contributed by atoms with Crippen LogP contribution in [0.15, 0.2) is 30.5 Å². The maximum atomic E-state index is 13.8. The van der Waals surface area contributed by atoms with E-state index in [-0.39, 0.29) is 31.1 Å². The number of pyridine rings is 1. The maximum absolute atomic E-state index is 13.8. The SMILES string of the molecule is COC(=O)NCCCn1nc([C@@H](C)N(C(=O)[C@H]2CN(C(=O)OC(C)(C)C)CCO2)C2CC2)cc1-c1ccccn1. The van der Waals surface area contributed by atoms with Crippen molar-refractivity contribution in [2.75, 3.05) is 33.4 Å². The molecule has 0 radical (unpaired) electrons. The first-order valence-corrected chi connectivity index (χ1v) is 13.8. The minimum Gasteiger partial charge on any atom is -0.453 e. The zero-order chi connectivity index (χ0) is 28.9. The van der Waals surface area contributed by atoms with Gasteiger partial charge in [0.2, 0.25) is 0 Å². The molecule has 2 aromatic heterocycles. The number of hydrogen-bond acceptors (Lipinski definition) is 8. The predicted molar refractivity (Wildman–Crippen MR) is 146 cm³/mol. The molecule has 0 bridgehead atoms. The van der Waals surface area contributed by atoms with Crippen molar-refractivity contribution >= 4 is 18.1 Å². The number of morpholine rings is 1. The van der Waals surface area contributed by atoms with Gasteiger partial charge in [-0.25, -0.2) is 9.59 Å². The smallest absolute Gasteiger partial charge is 0.410 e. The van der Waals surface area contributed by atoms with Crippen LogP contribution >= 0.6 is 0 Å². The fraction of sp³-hybridized carbons (Fsp3) is 0.607. The van der Waals surface area contributed by atoms with Crippen LogP contribution in [0, 0.1) is 0 Å². The third kappa shape index (κ3) is 7.50. The molecule has 3 amide bonds. The van der Waals surface area contributed by atoms with Crippen LogP contribution < -0.4 is 5.32 Å². The van der Waals surface area contributed by atoms with Gasteiger partial charge in [-0.2, -0.15) is 5.10 Å². The monoisotopic (exact) mass is 556 g/mol. The molecule has 40 heavy (non-hydrogen) atoms. The van der Waals surface area contributed by atoms with Crippen molar-refractivity contribution < 1.29 is 28.6 Å². The molecule has 2 aliphatic rings. The van der Waals surface area contributed by atoms with Gasteiger partial charge >= 0.3 is 12.2 Å². The van der Waals surface area contributed by atoms with Gasteiger partial charge in [-0.1, -0.05) is 6.07 Å². The van der Waals surface area contributed by atoms with E-state index in [1.807, 2.05) is 61.5 Å². The summed E-state index contributed by atoms with van der Waals surface area (Å²) in [6.07, 6.45) is 2.48. The number of carbonyl (C=O) groups excluding carboxylic acids is 3. The van der Waals surface area contributed by atoms with Gasteiger partial charge in [-0.05, 0) is 65.2 Å². The first-order chi connectivity index (χ1) is 19.1. The summed E-state index contributed by atoms with van der Waals surface area (Å²) in [4.78, 5) is 45.8. The van der Waals surface area contributed by atoms with E-state index in [1.165, 1.54) is 7.11 Å². The average molecular weight is 557 g/mol. The van der Waals surface area contributed by atoms with E-state index >= 15 is 0 Å². The fourth-order valence-corrected chi connectivity index (χ4v) is 4.66. The maximum Gasteiger partial charge on any atom is 0.410 e. The van der Waals surface area contributed by atoms with E-state index in [2.05, 4.69) is 15.0 Å². The van der Waals surface area contributed by atoms with Gasteiger partial charge in [0.15, 0.2) is 6.10 Å². The van der Waals surface area contributed by atoms with Crippen LogP contribution in [0.4, 0.5) is 9.59 Å². The third-order valence-corrected chi connectivity index (χ3v) is 6.76. The molecule has 2 aromatic rings. The van der Waals surface area contributed by atoms with Crippen LogP contribution in [-0.2, 0) is 25.5 Å². The van der Waals surface area contributed by atoms with E-state index < -0.39 is 23.9 Å². The zero-order valence-corrected chi connectivity index (χ0v) is 24.0. The highest BCUT2D eigenvalue weighted by Gasteiger charge is 2.42. The number of carbonyl (C=O) groups is 3. The van der Waals surface area contributed by atoms with Crippen molar-refractivity contribution in [3.8, 4) is 11.4 Å². The Balaban J connectivity index is 1.52. The number of amides is 3. The Hall–Kier alpha value is -3.67. The molecule has 0 unspecified atom stereocenters. The molecule has 1 aliphatic heterocycles. The molecule has 1 saturated carbocycles. The molecule has 1 aliphatic carbocycles. The van der Waals surface area contributed by atoms with Gasteiger partial charge in [0.25, 0.3) is 5.91 Å². The Labute approximate surface area is 234 Å². The number of nitrogens with zero attached hydrogens (tertiary/aromatic N) is 5. The van der Waals surface area contributed by atoms with Gasteiger partial charge in [-0.3, -0.25) is 14.5 Å². The highest BCUT2D eigenvalue weighted by atomic mass is 16.6. The van der Waals surface area contributed by atoms with Gasteiger partial charge in [-0.15, -0.1) is 0 Å². The Morgan fingerprint density at radius 2 is 2.02 bits per heavy atom. The number of rotatable bonds is 9. The van der Waals surface area contributed by atoms with Crippen molar-refractivity contribution in [2.45, 2.75) is 77.3 Å². The predicted octanol–water partition coefficient (Wildman–Crippen LogP) is 3.38. The molecule has 0 aromatic carbocycles.